The third-order valence-corrected chi connectivity index (χ3v) is 3.73. The fourth-order valence-electron chi connectivity index (χ4n) is 2.12. The van der Waals surface area contributed by atoms with Gasteiger partial charge in [-0.15, -0.1) is 0 Å². The summed E-state index contributed by atoms with van der Waals surface area (Å²) in [6, 6.07) is 9.67. The highest BCUT2D eigenvalue weighted by molar-refractivity contribution is 6.31. The number of halogens is 2. The van der Waals surface area contributed by atoms with Gasteiger partial charge in [0.25, 0.3) is 0 Å². The number of aliphatic hydroxyl groups is 1. The number of rotatable bonds is 4. The van der Waals surface area contributed by atoms with Crippen molar-refractivity contribution in [3.05, 3.63) is 64.4 Å². The predicted octanol–water partition coefficient (Wildman–Crippen LogP) is 4.03. The summed E-state index contributed by atoms with van der Waals surface area (Å²) in [7, 11) is 0. The van der Waals surface area contributed by atoms with E-state index in [4.69, 9.17) is 11.6 Å². The first-order chi connectivity index (χ1) is 10.9. The number of hydrogen-bond acceptors (Lipinski definition) is 2. The molecule has 0 aliphatic carbocycles. The molecule has 0 saturated heterocycles. The summed E-state index contributed by atoms with van der Waals surface area (Å²) in [6.07, 6.45) is -0.943. The lowest BCUT2D eigenvalue weighted by Crippen LogP contribution is -2.39. The summed E-state index contributed by atoms with van der Waals surface area (Å²) in [6.45, 7) is 3.52. The monoisotopic (exact) mass is 336 g/mol. The molecule has 2 atom stereocenters. The number of nitrogens with one attached hydrogen (secondary N) is 2. The molecule has 0 aliphatic heterocycles. The number of urea groups is 1. The van der Waals surface area contributed by atoms with Crippen LogP contribution in [0.5, 0.6) is 0 Å². The summed E-state index contributed by atoms with van der Waals surface area (Å²) in [5.41, 5.74) is 1.99. The highest BCUT2D eigenvalue weighted by atomic mass is 35.5. The Morgan fingerprint density at radius 1 is 1.22 bits per heavy atom. The number of anilines is 1. The van der Waals surface area contributed by atoms with Crippen LogP contribution in [0.15, 0.2) is 42.5 Å². The smallest absolute Gasteiger partial charge is 0.319 e. The van der Waals surface area contributed by atoms with Crippen molar-refractivity contribution in [1.29, 1.82) is 0 Å². The molecule has 6 heteroatoms. The van der Waals surface area contributed by atoms with Gasteiger partial charge in [0.1, 0.15) is 5.82 Å². The number of aliphatic hydroxyl groups excluding tert-OH is 1. The maximum absolute atomic E-state index is 12.9. The van der Waals surface area contributed by atoms with Gasteiger partial charge in [-0.05, 0) is 49.2 Å². The van der Waals surface area contributed by atoms with Crippen LogP contribution in [0.25, 0.3) is 0 Å². The molecule has 0 aromatic heterocycles. The van der Waals surface area contributed by atoms with E-state index in [2.05, 4.69) is 10.6 Å². The molecule has 3 N–H and O–H groups in total. The molecule has 0 aliphatic rings. The molecule has 23 heavy (non-hydrogen) atoms. The first-order valence-corrected chi connectivity index (χ1v) is 7.52. The molecule has 0 bridgehead atoms. The Bertz CT molecular complexity index is 691. The van der Waals surface area contributed by atoms with E-state index in [0.717, 1.165) is 5.56 Å². The van der Waals surface area contributed by atoms with E-state index in [1.807, 2.05) is 6.92 Å². The van der Waals surface area contributed by atoms with Gasteiger partial charge in [0.15, 0.2) is 0 Å². The molecule has 4 nitrogen and oxygen atoms in total. The molecule has 2 rings (SSSR count). The first-order valence-electron chi connectivity index (χ1n) is 7.14. The molecule has 0 saturated carbocycles. The van der Waals surface area contributed by atoms with Crippen molar-refractivity contribution in [2.45, 2.75) is 26.0 Å². The van der Waals surface area contributed by atoms with Crippen molar-refractivity contribution < 1.29 is 14.3 Å². The van der Waals surface area contributed by atoms with Gasteiger partial charge in [0.05, 0.1) is 12.1 Å². The average Bonchev–Trinajstić information content (AvgIpc) is 2.51. The maximum Gasteiger partial charge on any atom is 0.319 e. The molecule has 2 aromatic rings. The largest absolute Gasteiger partial charge is 0.386 e. The van der Waals surface area contributed by atoms with Crippen LogP contribution in [-0.4, -0.2) is 17.2 Å². The van der Waals surface area contributed by atoms with Gasteiger partial charge < -0.3 is 15.7 Å². The number of benzene rings is 2. The third kappa shape index (κ3) is 4.68. The third-order valence-electron chi connectivity index (χ3n) is 3.49. The highest BCUT2D eigenvalue weighted by Crippen LogP contribution is 2.21. The summed E-state index contributed by atoms with van der Waals surface area (Å²) in [5.74, 6) is -0.379. The van der Waals surface area contributed by atoms with E-state index in [9.17, 15) is 14.3 Å². The average molecular weight is 337 g/mol. The van der Waals surface area contributed by atoms with E-state index in [1.54, 1.807) is 25.1 Å². The minimum Gasteiger partial charge on any atom is -0.386 e. The molecular weight excluding hydrogens is 319 g/mol. The Balaban J connectivity index is 1.99. The molecule has 0 radical (unpaired) electrons. The molecule has 2 amide bonds. The van der Waals surface area contributed by atoms with Crippen LogP contribution in [0.4, 0.5) is 14.9 Å². The highest BCUT2D eigenvalue weighted by Gasteiger charge is 2.18. The summed E-state index contributed by atoms with van der Waals surface area (Å²) >= 11 is 5.91. The summed E-state index contributed by atoms with van der Waals surface area (Å²) in [4.78, 5) is 12.0. The van der Waals surface area contributed by atoms with Crippen molar-refractivity contribution in [2.24, 2.45) is 0 Å². The van der Waals surface area contributed by atoms with Crippen molar-refractivity contribution in [2.75, 3.05) is 5.32 Å². The van der Waals surface area contributed by atoms with Crippen LogP contribution in [0.3, 0.4) is 0 Å². The van der Waals surface area contributed by atoms with Crippen LogP contribution in [0.2, 0.25) is 5.02 Å². The molecule has 0 fully saturated rings. The van der Waals surface area contributed by atoms with Crippen LogP contribution in [-0.2, 0) is 0 Å². The number of amides is 2. The van der Waals surface area contributed by atoms with Gasteiger partial charge >= 0.3 is 6.03 Å². The number of carbonyl (C=O) groups excluding carboxylic acids is 1. The first kappa shape index (κ1) is 17.2. The van der Waals surface area contributed by atoms with E-state index in [0.29, 0.717) is 16.3 Å². The van der Waals surface area contributed by atoms with Crippen LogP contribution in [0.1, 0.15) is 24.2 Å². The molecule has 2 unspecified atom stereocenters. The fourth-order valence-corrected chi connectivity index (χ4v) is 2.29. The zero-order chi connectivity index (χ0) is 17.0. The molecular formula is C17H18ClFN2O2. The summed E-state index contributed by atoms with van der Waals surface area (Å²) in [5, 5.41) is 16.1. The lowest BCUT2D eigenvalue weighted by Gasteiger charge is -2.21. The van der Waals surface area contributed by atoms with Crippen molar-refractivity contribution in [3.63, 3.8) is 0 Å². The Hall–Kier alpha value is -2.11. The van der Waals surface area contributed by atoms with Gasteiger partial charge in [0, 0.05) is 10.7 Å². The van der Waals surface area contributed by atoms with E-state index < -0.39 is 18.2 Å². The molecule has 0 heterocycles. The second kappa shape index (κ2) is 7.44. The fraction of sp³-hybridized carbons (Fsp3) is 0.235. The zero-order valence-corrected chi connectivity index (χ0v) is 13.6. The van der Waals surface area contributed by atoms with Gasteiger partial charge in [-0.25, -0.2) is 9.18 Å². The van der Waals surface area contributed by atoms with Crippen molar-refractivity contribution in [1.82, 2.24) is 5.32 Å². The standard InChI is InChI=1S/C17H18ClFN2O2/c1-10-3-6-13(18)9-15(10)21-17(23)20-11(2)16(22)12-4-7-14(19)8-5-12/h3-9,11,16,22H,1-2H3,(H2,20,21,23). The minimum absolute atomic E-state index is 0.379. The Labute approximate surface area is 139 Å². The number of aryl methyl sites for hydroxylation is 1. The number of hydrogen-bond donors (Lipinski definition) is 3. The van der Waals surface area contributed by atoms with E-state index >= 15 is 0 Å². The van der Waals surface area contributed by atoms with Gasteiger partial charge in [-0.1, -0.05) is 29.8 Å². The van der Waals surface area contributed by atoms with E-state index in [1.165, 1.54) is 24.3 Å². The van der Waals surface area contributed by atoms with Gasteiger partial charge in [0.2, 0.25) is 0 Å². The lowest BCUT2D eigenvalue weighted by atomic mass is 10.0. The van der Waals surface area contributed by atoms with Crippen molar-refractivity contribution in [3.8, 4) is 0 Å². The van der Waals surface area contributed by atoms with E-state index in [-0.39, 0.29) is 5.82 Å². The lowest BCUT2D eigenvalue weighted by molar-refractivity contribution is 0.139. The van der Waals surface area contributed by atoms with Crippen LogP contribution in [0, 0.1) is 12.7 Å². The SMILES string of the molecule is Cc1ccc(Cl)cc1NC(=O)NC(C)C(O)c1ccc(F)cc1. The number of carbonyl (C=O) groups is 1. The Morgan fingerprint density at radius 2 is 1.87 bits per heavy atom. The van der Waals surface area contributed by atoms with Crippen molar-refractivity contribution >= 4 is 23.3 Å². The van der Waals surface area contributed by atoms with Gasteiger partial charge in [-0.2, -0.15) is 0 Å². The Morgan fingerprint density at radius 3 is 2.52 bits per heavy atom. The zero-order valence-electron chi connectivity index (χ0n) is 12.8. The quantitative estimate of drug-likeness (QED) is 0.789. The predicted molar refractivity (Wildman–Crippen MR) is 89.2 cm³/mol. The van der Waals surface area contributed by atoms with Crippen LogP contribution >= 0.6 is 11.6 Å². The second-order valence-corrected chi connectivity index (χ2v) is 5.78. The Kier molecular flexibility index (Phi) is 5.58. The van der Waals surface area contributed by atoms with Gasteiger partial charge in [-0.3, -0.25) is 0 Å². The molecule has 2 aromatic carbocycles. The maximum atomic E-state index is 12.9. The normalized spacial score (nSPS) is 13.3. The van der Waals surface area contributed by atoms with Crippen LogP contribution < -0.4 is 10.6 Å². The minimum atomic E-state index is -0.943. The second-order valence-electron chi connectivity index (χ2n) is 5.34. The summed E-state index contributed by atoms with van der Waals surface area (Å²) < 4.78 is 12.9. The molecule has 0 spiro atoms. The molecule has 122 valence electrons. The topological polar surface area (TPSA) is 61.4 Å².